The maximum absolute atomic E-state index is 4.38. The van der Waals surface area contributed by atoms with E-state index in [1.165, 1.54) is 10.8 Å². The molecule has 0 aliphatic carbocycles. The third-order valence-electron chi connectivity index (χ3n) is 2.58. The summed E-state index contributed by atoms with van der Waals surface area (Å²) in [7, 11) is 0. The number of nitrogens with one attached hydrogen (secondary N) is 1. The van der Waals surface area contributed by atoms with Gasteiger partial charge < -0.3 is 5.32 Å². The molecule has 16 heavy (non-hydrogen) atoms. The van der Waals surface area contributed by atoms with Crippen molar-refractivity contribution >= 4 is 16.6 Å². The lowest BCUT2D eigenvalue weighted by Crippen LogP contribution is -2.14. The van der Waals surface area contributed by atoms with E-state index < -0.39 is 0 Å². The fraction of sp³-hybridized carbons (Fsp3) is 0.214. The fourth-order valence-corrected chi connectivity index (χ4v) is 1.78. The number of aromatic nitrogens is 1. The van der Waals surface area contributed by atoms with Gasteiger partial charge in [-0.2, -0.15) is 0 Å². The van der Waals surface area contributed by atoms with Crippen molar-refractivity contribution in [2.75, 3.05) is 5.32 Å². The van der Waals surface area contributed by atoms with Crippen molar-refractivity contribution in [1.82, 2.24) is 4.98 Å². The first-order chi connectivity index (χ1) is 7.81. The van der Waals surface area contributed by atoms with Crippen LogP contribution in [-0.2, 0) is 0 Å². The van der Waals surface area contributed by atoms with E-state index in [0.29, 0.717) is 6.04 Å². The molecule has 0 bridgehead atoms. The van der Waals surface area contributed by atoms with Crippen molar-refractivity contribution in [3.63, 3.8) is 0 Å². The first-order valence-corrected chi connectivity index (χ1v) is 5.52. The van der Waals surface area contributed by atoms with E-state index in [9.17, 15) is 0 Å². The van der Waals surface area contributed by atoms with E-state index in [1.807, 2.05) is 30.5 Å². The summed E-state index contributed by atoms with van der Waals surface area (Å²) in [5, 5.41) is 5.78. The van der Waals surface area contributed by atoms with Crippen LogP contribution in [0.3, 0.4) is 0 Å². The minimum Gasteiger partial charge on any atom is -0.367 e. The summed E-state index contributed by atoms with van der Waals surface area (Å²) in [4.78, 5) is 4.38. The molecule has 1 aromatic heterocycles. The van der Waals surface area contributed by atoms with Crippen molar-refractivity contribution in [3.05, 3.63) is 49.2 Å². The second-order valence-corrected chi connectivity index (χ2v) is 3.95. The smallest absolute Gasteiger partial charge is 0.134 e. The van der Waals surface area contributed by atoms with Gasteiger partial charge in [0.2, 0.25) is 0 Å². The predicted molar refractivity (Wildman–Crippen MR) is 69.6 cm³/mol. The van der Waals surface area contributed by atoms with Crippen LogP contribution in [0.15, 0.2) is 49.2 Å². The molecule has 1 aromatic carbocycles. The van der Waals surface area contributed by atoms with Crippen LogP contribution in [0.1, 0.15) is 13.3 Å². The van der Waals surface area contributed by atoms with Gasteiger partial charge in [-0.05, 0) is 24.8 Å². The van der Waals surface area contributed by atoms with E-state index in [2.05, 4.69) is 35.9 Å². The van der Waals surface area contributed by atoms with Crippen LogP contribution in [0.2, 0.25) is 0 Å². The highest BCUT2D eigenvalue weighted by atomic mass is 15.0. The molecule has 2 aromatic rings. The van der Waals surface area contributed by atoms with E-state index in [-0.39, 0.29) is 0 Å². The molecule has 1 N–H and O–H groups in total. The first-order valence-electron chi connectivity index (χ1n) is 5.52. The van der Waals surface area contributed by atoms with E-state index >= 15 is 0 Å². The van der Waals surface area contributed by atoms with E-state index in [0.717, 1.165) is 12.2 Å². The summed E-state index contributed by atoms with van der Waals surface area (Å²) in [6, 6.07) is 10.6. The SMILES string of the molecule is C=CCC(C)Nc1nccc2ccccc12. The molecule has 0 aliphatic rings. The number of hydrogen-bond donors (Lipinski definition) is 1. The number of pyridine rings is 1. The highest BCUT2D eigenvalue weighted by Gasteiger charge is 2.04. The Balaban J connectivity index is 2.33. The van der Waals surface area contributed by atoms with Crippen molar-refractivity contribution in [2.24, 2.45) is 0 Å². The van der Waals surface area contributed by atoms with Gasteiger partial charge in [0.1, 0.15) is 5.82 Å². The summed E-state index contributed by atoms with van der Waals surface area (Å²) in [6.07, 6.45) is 4.69. The van der Waals surface area contributed by atoms with Gasteiger partial charge in [0.25, 0.3) is 0 Å². The largest absolute Gasteiger partial charge is 0.367 e. The van der Waals surface area contributed by atoms with Crippen LogP contribution >= 0.6 is 0 Å². The molecule has 0 spiro atoms. The minimum atomic E-state index is 0.357. The van der Waals surface area contributed by atoms with Crippen molar-refractivity contribution in [3.8, 4) is 0 Å². The quantitative estimate of drug-likeness (QED) is 0.783. The second-order valence-electron chi connectivity index (χ2n) is 3.95. The molecule has 1 unspecified atom stereocenters. The van der Waals surface area contributed by atoms with Crippen LogP contribution < -0.4 is 5.32 Å². The van der Waals surface area contributed by atoms with Crippen LogP contribution in [0.4, 0.5) is 5.82 Å². The van der Waals surface area contributed by atoms with Gasteiger partial charge in [-0.15, -0.1) is 6.58 Å². The Hall–Kier alpha value is -1.83. The Morgan fingerprint density at radius 3 is 3.00 bits per heavy atom. The summed E-state index contributed by atoms with van der Waals surface area (Å²) < 4.78 is 0. The van der Waals surface area contributed by atoms with Crippen LogP contribution in [-0.4, -0.2) is 11.0 Å². The van der Waals surface area contributed by atoms with Gasteiger partial charge in [0.05, 0.1) is 0 Å². The van der Waals surface area contributed by atoms with Gasteiger partial charge in [0.15, 0.2) is 0 Å². The first kappa shape index (κ1) is 10.7. The van der Waals surface area contributed by atoms with Gasteiger partial charge in [-0.3, -0.25) is 0 Å². The molecule has 0 amide bonds. The standard InChI is InChI=1S/C14H16N2/c1-3-6-11(2)16-14-13-8-5-4-7-12(13)9-10-15-14/h3-5,7-11H,1,6H2,2H3,(H,15,16). The second kappa shape index (κ2) is 4.79. The maximum Gasteiger partial charge on any atom is 0.134 e. The molecule has 0 fully saturated rings. The highest BCUT2D eigenvalue weighted by molar-refractivity contribution is 5.91. The van der Waals surface area contributed by atoms with Gasteiger partial charge >= 0.3 is 0 Å². The molecule has 2 nitrogen and oxygen atoms in total. The number of hydrogen-bond acceptors (Lipinski definition) is 2. The number of fused-ring (bicyclic) bond motifs is 1. The molecule has 2 heteroatoms. The Labute approximate surface area is 96.0 Å². The van der Waals surface area contributed by atoms with Crippen molar-refractivity contribution in [2.45, 2.75) is 19.4 Å². The zero-order chi connectivity index (χ0) is 11.4. The van der Waals surface area contributed by atoms with E-state index in [4.69, 9.17) is 0 Å². The molecular formula is C14H16N2. The van der Waals surface area contributed by atoms with Crippen LogP contribution in [0.5, 0.6) is 0 Å². The lowest BCUT2D eigenvalue weighted by Gasteiger charge is -2.14. The average molecular weight is 212 g/mol. The zero-order valence-corrected chi connectivity index (χ0v) is 9.48. The molecule has 0 saturated carbocycles. The van der Waals surface area contributed by atoms with Gasteiger partial charge in [-0.25, -0.2) is 4.98 Å². The van der Waals surface area contributed by atoms with Gasteiger partial charge in [-0.1, -0.05) is 30.3 Å². The van der Waals surface area contributed by atoms with Crippen molar-refractivity contribution in [1.29, 1.82) is 0 Å². The average Bonchev–Trinajstić information content (AvgIpc) is 2.30. The summed E-state index contributed by atoms with van der Waals surface area (Å²) in [5.74, 6) is 0.951. The Morgan fingerprint density at radius 2 is 2.19 bits per heavy atom. The molecule has 0 radical (unpaired) electrons. The van der Waals surface area contributed by atoms with Crippen molar-refractivity contribution < 1.29 is 0 Å². The molecule has 1 atom stereocenters. The molecule has 0 aliphatic heterocycles. The fourth-order valence-electron chi connectivity index (χ4n) is 1.78. The zero-order valence-electron chi connectivity index (χ0n) is 9.48. The third-order valence-corrected chi connectivity index (χ3v) is 2.58. The topological polar surface area (TPSA) is 24.9 Å². The summed E-state index contributed by atoms with van der Waals surface area (Å²) in [5.41, 5.74) is 0. The minimum absolute atomic E-state index is 0.357. The molecule has 82 valence electrons. The Morgan fingerprint density at radius 1 is 1.38 bits per heavy atom. The monoisotopic (exact) mass is 212 g/mol. The van der Waals surface area contributed by atoms with Crippen LogP contribution in [0.25, 0.3) is 10.8 Å². The Kier molecular flexibility index (Phi) is 3.20. The number of rotatable bonds is 4. The highest BCUT2D eigenvalue weighted by Crippen LogP contribution is 2.21. The number of anilines is 1. The number of nitrogens with zero attached hydrogens (tertiary/aromatic N) is 1. The third kappa shape index (κ3) is 2.22. The summed E-state index contributed by atoms with van der Waals surface area (Å²) >= 11 is 0. The maximum atomic E-state index is 4.38. The van der Waals surface area contributed by atoms with E-state index in [1.54, 1.807) is 0 Å². The molecular weight excluding hydrogens is 196 g/mol. The molecule has 1 heterocycles. The van der Waals surface area contributed by atoms with Crippen LogP contribution in [0, 0.1) is 0 Å². The lowest BCUT2D eigenvalue weighted by molar-refractivity contribution is 0.809. The molecule has 0 saturated heterocycles. The normalized spacial score (nSPS) is 12.3. The lowest BCUT2D eigenvalue weighted by atomic mass is 10.1. The predicted octanol–water partition coefficient (Wildman–Crippen LogP) is 3.61. The molecule has 2 rings (SSSR count). The van der Waals surface area contributed by atoms with Gasteiger partial charge in [0, 0.05) is 17.6 Å². The number of benzene rings is 1. The summed E-state index contributed by atoms with van der Waals surface area (Å²) in [6.45, 7) is 5.87. The Bertz CT molecular complexity index is 486.